The molecule has 0 atom stereocenters. The Morgan fingerprint density at radius 3 is 2.50 bits per heavy atom. The summed E-state index contributed by atoms with van der Waals surface area (Å²) in [5.74, 6) is 0.0961. The molecule has 1 N–H and O–H groups in total. The van der Waals surface area contributed by atoms with E-state index in [-0.39, 0.29) is 22.1 Å². The Morgan fingerprint density at radius 2 is 1.77 bits per heavy atom. The summed E-state index contributed by atoms with van der Waals surface area (Å²) in [5.41, 5.74) is 0.899. The number of nitrogens with one attached hydrogen (secondary N) is 1. The standard InChI is InChI=1S/C20H19F2N5O2S/c1-13-19(14(2)27(23-13)20(21)22)30(28,29)25-18-10-11-26(24-18)12-16-8-5-7-15-6-3-4-9-17(15)16/h3-11,20H,12H2,1-2H3,(H,24,25). The number of hydrogen-bond acceptors (Lipinski definition) is 4. The molecule has 0 aliphatic heterocycles. The molecule has 0 spiro atoms. The lowest BCUT2D eigenvalue weighted by atomic mass is 10.0. The van der Waals surface area contributed by atoms with Crippen molar-refractivity contribution in [3.8, 4) is 0 Å². The molecule has 0 aliphatic rings. The summed E-state index contributed by atoms with van der Waals surface area (Å²) in [7, 11) is -4.12. The Morgan fingerprint density at radius 1 is 1.03 bits per heavy atom. The highest BCUT2D eigenvalue weighted by molar-refractivity contribution is 7.92. The zero-order chi connectivity index (χ0) is 21.5. The molecule has 0 aliphatic carbocycles. The van der Waals surface area contributed by atoms with Crippen molar-refractivity contribution in [3.63, 3.8) is 0 Å². The quantitative estimate of drug-likeness (QED) is 0.499. The van der Waals surface area contributed by atoms with Gasteiger partial charge in [0.05, 0.1) is 17.9 Å². The van der Waals surface area contributed by atoms with Crippen molar-refractivity contribution < 1.29 is 17.2 Å². The van der Waals surface area contributed by atoms with Crippen molar-refractivity contribution >= 4 is 26.6 Å². The van der Waals surface area contributed by atoms with Crippen molar-refractivity contribution in [2.45, 2.75) is 31.8 Å². The number of fused-ring (bicyclic) bond motifs is 1. The van der Waals surface area contributed by atoms with Gasteiger partial charge in [0.2, 0.25) is 0 Å². The predicted molar refractivity (Wildman–Crippen MR) is 109 cm³/mol. The third kappa shape index (κ3) is 3.65. The number of aryl methyl sites for hydroxylation is 1. The second-order valence-corrected chi connectivity index (χ2v) is 8.48. The molecule has 30 heavy (non-hydrogen) atoms. The molecule has 0 unspecified atom stereocenters. The fraction of sp³-hybridized carbons (Fsp3) is 0.200. The maximum Gasteiger partial charge on any atom is 0.333 e. The third-order valence-electron chi connectivity index (χ3n) is 4.80. The Kier molecular flexibility index (Phi) is 5.02. The second kappa shape index (κ2) is 7.52. The molecule has 0 radical (unpaired) electrons. The van der Waals surface area contributed by atoms with Gasteiger partial charge >= 0.3 is 6.55 Å². The molecule has 0 saturated carbocycles. The highest BCUT2D eigenvalue weighted by Crippen LogP contribution is 2.25. The molecule has 4 rings (SSSR count). The average Bonchev–Trinajstić information content (AvgIpc) is 3.25. The van der Waals surface area contributed by atoms with Crippen molar-refractivity contribution in [1.29, 1.82) is 0 Å². The molecular weight excluding hydrogens is 412 g/mol. The van der Waals surface area contributed by atoms with Crippen LogP contribution in [-0.4, -0.2) is 28.0 Å². The van der Waals surface area contributed by atoms with Crippen LogP contribution in [0.2, 0.25) is 0 Å². The van der Waals surface area contributed by atoms with Crippen LogP contribution in [0, 0.1) is 13.8 Å². The predicted octanol–water partition coefficient (Wildman–Crippen LogP) is 4.09. The van der Waals surface area contributed by atoms with Crippen LogP contribution in [0.25, 0.3) is 10.8 Å². The Labute approximate surface area is 172 Å². The summed E-state index contributed by atoms with van der Waals surface area (Å²) in [6, 6.07) is 15.4. The van der Waals surface area contributed by atoms with Gasteiger partial charge in [-0.3, -0.25) is 9.40 Å². The lowest BCUT2D eigenvalue weighted by Crippen LogP contribution is -2.16. The van der Waals surface area contributed by atoms with E-state index in [1.807, 2.05) is 42.5 Å². The number of alkyl halides is 2. The highest BCUT2D eigenvalue weighted by atomic mass is 32.2. The largest absolute Gasteiger partial charge is 0.333 e. The van der Waals surface area contributed by atoms with Gasteiger partial charge in [-0.25, -0.2) is 13.1 Å². The van der Waals surface area contributed by atoms with E-state index >= 15 is 0 Å². The minimum atomic E-state index is -4.12. The number of hydrogen-bond donors (Lipinski definition) is 1. The first-order valence-electron chi connectivity index (χ1n) is 9.13. The Bertz CT molecular complexity index is 1320. The van der Waals surface area contributed by atoms with Gasteiger partial charge in [0.15, 0.2) is 5.82 Å². The first-order valence-corrected chi connectivity index (χ1v) is 10.6. The maximum absolute atomic E-state index is 13.0. The number of halogens is 2. The molecule has 0 amide bonds. The maximum atomic E-state index is 13.0. The minimum absolute atomic E-state index is 0.00418. The summed E-state index contributed by atoms with van der Waals surface area (Å²) in [4.78, 5) is -0.272. The molecule has 4 aromatic rings. The zero-order valence-electron chi connectivity index (χ0n) is 16.3. The van der Waals surface area contributed by atoms with Gasteiger partial charge < -0.3 is 0 Å². The molecular formula is C20H19F2N5O2S. The lowest BCUT2D eigenvalue weighted by molar-refractivity contribution is 0.0538. The average molecular weight is 431 g/mol. The number of anilines is 1. The van der Waals surface area contributed by atoms with Crippen molar-refractivity contribution in [1.82, 2.24) is 19.6 Å². The molecule has 7 nitrogen and oxygen atoms in total. The summed E-state index contributed by atoms with van der Waals surface area (Å²) in [5, 5.41) is 10.1. The third-order valence-corrected chi connectivity index (χ3v) is 6.41. The number of rotatable bonds is 6. The monoisotopic (exact) mass is 431 g/mol. The van der Waals surface area contributed by atoms with Gasteiger partial charge in [-0.15, -0.1) is 0 Å². The Hall–Kier alpha value is -3.27. The minimum Gasteiger partial charge on any atom is -0.266 e. The van der Waals surface area contributed by atoms with E-state index in [0.717, 1.165) is 16.3 Å². The van der Waals surface area contributed by atoms with Crippen LogP contribution in [0.5, 0.6) is 0 Å². The van der Waals surface area contributed by atoms with E-state index in [0.29, 0.717) is 11.2 Å². The lowest BCUT2D eigenvalue weighted by Gasteiger charge is -2.08. The summed E-state index contributed by atoms with van der Waals surface area (Å²) >= 11 is 0. The molecule has 2 heterocycles. The SMILES string of the molecule is Cc1nn(C(F)F)c(C)c1S(=O)(=O)Nc1ccn(Cc2cccc3ccccc23)n1. The van der Waals surface area contributed by atoms with Crippen LogP contribution in [0.3, 0.4) is 0 Å². The van der Waals surface area contributed by atoms with Gasteiger partial charge in [-0.05, 0) is 30.2 Å². The number of sulfonamides is 1. The topological polar surface area (TPSA) is 81.8 Å². The number of benzene rings is 2. The fourth-order valence-corrected chi connectivity index (χ4v) is 4.92. The van der Waals surface area contributed by atoms with Gasteiger partial charge in [-0.2, -0.15) is 19.0 Å². The highest BCUT2D eigenvalue weighted by Gasteiger charge is 2.27. The molecule has 2 aromatic heterocycles. The van der Waals surface area contributed by atoms with Crippen LogP contribution in [0.4, 0.5) is 14.6 Å². The fourth-order valence-electron chi connectivity index (χ4n) is 3.52. The second-order valence-electron chi connectivity index (χ2n) is 6.86. The zero-order valence-corrected chi connectivity index (χ0v) is 17.1. The van der Waals surface area contributed by atoms with Crippen molar-refractivity contribution in [3.05, 3.63) is 71.7 Å². The molecule has 2 aromatic carbocycles. The van der Waals surface area contributed by atoms with Crippen LogP contribution >= 0.6 is 0 Å². The first kappa shape index (κ1) is 20.0. The normalized spacial score (nSPS) is 12.0. The van der Waals surface area contributed by atoms with Crippen molar-refractivity contribution in [2.75, 3.05) is 4.72 Å². The van der Waals surface area contributed by atoms with Gasteiger partial charge in [0.25, 0.3) is 10.0 Å². The summed E-state index contributed by atoms with van der Waals surface area (Å²) < 4.78 is 55.9. The molecule has 10 heteroatoms. The smallest absolute Gasteiger partial charge is 0.266 e. The summed E-state index contributed by atoms with van der Waals surface area (Å²) in [6.45, 7) is 0.191. The van der Waals surface area contributed by atoms with E-state index in [1.54, 1.807) is 10.9 Å². The van der Waals surface area contributed by atoms with Gasteiger partial charge in [0.1, 0.15) is 4.90 Å². The van der Waals surface area contributed by atoms with E-state index in [2.05, 4.69) is 14.9 Å². The van der Waals surface area contributed by atoms with E-state index in [4.69, 9.17) is 0 Å². The molecule has 0 bridgehead atoms. The van der Waals surface area contributed by atoms with Crippen molar-refractivity contribution in [2.24, 2.45) is 0 Å². The van der Waals surface area contributed by atoms with Gasteiger partial charge in [-0.1, -0.05) is 42.5 Å². The van der Waals surface area contributed by atoms with E-state index < -0.39 is 16.6 Å². The molecule has 0 fully saturated rings. The van der Waals surface area contributed by atoms with E-state index in [1.165, 1.54) is 19.9 Å². The van der Waals surface area contributed by atoms with Crippen LogP contribution < -0.4 is 4.72 Å². The van der Waals surface area contributed by atoms with Gasteiger partial charge in [0, 0.05) is 12.3 Å². The molecule has 156 valence electrons. The first-order chi connectivity index (χ1) is 14.3. The summed E-state index contributed by atoms with van der Waals surface area (Å²) in [6.07, 6.45) is 1.65. The number of nitrogens with zero attached hydrogens (tertiary/aromatic N) is 4. The van der Waals surface area contributed by atoms with Crippen LogP contribution in [0.1, 0.15) is 23.5 Å². The Balaban J connectivity index is 1.59. The van der Waals surface area contributed by atoms with Crippen LogP contribution in [-0.2, 0) is 16.6 Å². The van der Waals surface area contributed by atoms with Crippen LogP contribution in [0.15, 0.2) is 59.6 Å². The van der Waals surface area contributed by atoms with E-state index in [9.17, 15) is 17.2 Å². The molecule has 0 saturated heterocycles. The number of aromatic nitrogens is 4.